The van der Waals surface area contributed by atoms with E-state index in [1.807, 2.05) is 30.3 Å². The molecule has 0 N–H and O–H groups in total. The van der Waals surface area contributed by atoms with E-state index in [9.17, 15) is 9.18 Å². The lowest BCUT2D eigenvalue weighted by Crippen LogP contribution is -2.28. The molecule has 0 saturated carbocycles. The minimum absolute atomic E-state index is 0.0105. The summed E-state index contributed by atoms with van der Waals surface area (Å²) in [6.07, 6.45) is 7.35. The van der Waals surface area contributed by atoms with Gasteiger partial charge in [0.1, 0.15) is 11.9 Å². The maximum atomic E-state index is 13.5. The number of pyridine rings is 1. The standard InChI is InChI=1S/C27H27FN2O4/c1-32-26-15-21(7-9-25(26)34-24-11-13-33-19-24)17-30(18-22-5-3-12-29-16-22)27(31)10-8-20-4-2-6-23(28)14-20/h2-10,12,14-16,24H,11,13,17-19H2,1H3/b10-8+. The van der Waals surface area contributed by atoms with Crippen LogP contribution in [0.25, 0.3) is 6.08 Å². The fourth-order valence-electron chi connectivity index (χ4n) is 3.72. The normalized spacial score (nSPS) is 15.4. The monoisotopic (exact) mass is 462 g/mol. The van der Waals surface area contributed by atoms with E-state index in [1.54, 1.807) is 42.6 Å². The highest BCUT2D eigenvalue weighted by molar-refractivity contribution is 5.91. The Morgan fingerprint density at radius 3 is 2.76 bits per heavy atom. The number of ether oxygens (including phenoxy) is 3. The zero-order chi connectivity index (χ0) is 23.8. The molecule has 0 spiro atoms. The Balaban J connectivity index is 1.53. The van der Waals surface area contributed by atoms with Crippen molar-refractivity contribution in [3.05, 3.63) is 95.6 Å². The van der Waals surface area contributed by atoms with Crippen LogP contribution in [0.2, 0.25) is 0 Å². The van der Waals surface area contributed by atoms with E-state index in [-0.39, 0.29) is 17.8 Å². The molecular formula is C27H27FN2O4. The first-order chi connectivity index (χ1) is 16.6. The Hall–Kier alpha value is -3.71. The van der Waals surface area contributed by atoms with Crippen LogP contribution in [0.5, 0.6) is 11.5 Å². The number of hydrogen-bond donors (Lipinski definition) is 0. The third-order valence-corrected chi connectivity index (χ3v) is 5.46. The van der Waals surface area contributed by atoms with E-state index < -0.39 is 0 Å². The molecule has 3 aromatic rings. The summed E-state index contributed by atoms with van der Waals surface area (Å²) in [5.41, 5.74) is 2.42. The number of hydrogen-bond acceptors (Lipinski definition) is 5. The Bertz CT molecular complexity index is 1130. The lowest BCUT2D eigenvalue weighted by Gasteiger charge is -2.22. The zero-order valence-corrected chi connectivity index (χ0v) is 19.0. The highest BCUT2D eigenvalue weighted by Gasteiger charge is 2.20. The van der Waals surface area contributed by atoms with E-state index in [4.69, 9.17) is 14.2 Å². The van der Waals surface area contributed by atoms with E-state index in [1.165, 1.54) is 18.2 Å². The first kappa shape index (κ1) is 23.4. The van der Waals surface area contributed by atoms with Crippen molar-refractivity contribution in [3.63, 3.8) is 0 Å². The molecule has 176 valence electrons. The van der Waals surface area contributed by atoms with Crippen LogP contribution in [0, 0.1) is 5.82 Å². The SMILES string of the molecule is COc1cc(CN(Cc2cccnc2)C(=O)/C=C/c2cccc(F)c2)ccc1OC1CCOC1. The van der Waals surface area contributed by atoms with Crippen molar-refractivity contribution in [1.82, 2.24) is 9.88 Å². The van der Waals surface area contributed by atoms with Gasteiger partial charge in [-0.05, 0) is 53.1 Å². The highest BCUT2D eigenvalue weighted by Crippen LogP contribution is 2.31. The van der Waals surface area contributed by atoms with Crippen molar-refractivity contribution >= 4 is 12.0 Å². The molecule has 0 radical (unpaired) electrons. The number of aromatic nitrogens is 1. The number of benzene rings is 2. The van der Waals surface area contributed by atoms with Crippen LogP contribution < -0.4 is 9.47 Å². The number of amides is 1. The van der Waals surface area contributed by atoms with Gasteiger partial charge in [-0.1, -0.05) is 24.3 Å². The van der Waals surface area contributed by atoms with Crippen LogP contribution in [0.15, 0.2) is 73.1 Å². The minimum atomic E-state index is -0.347. The van der Waals surface area contributed by atoms with Crippen LogP contribution in [0.1, 0.15) is 23.1 Å². The van der Waals surface area contributed by atoms with Gasteiger partial charge in [0.15, 0.2) is 11.5 Å². The van der Waals surface area contributed by atoms with Crippen molar-refractivity contribution in [3.8, 4) is 11.5 Å². The lowest BCUT2D eigenvalue weighted by atomic mass is 10.1. The van der Waals surface area contributed by atoms with Gasteiger partial charge in [0, 0.05) is 38.0 Å². The van der Waals surface area contributed by atoms with Crippen LogP contribution in [-0.4, -0.2) is 42.2 Å². The highest BCUT2D eigenvalue weighted by atomic mass is 19.1. The van der Waals surface area contributed by atoms with E-state index >= 15 is 0 Å². The number of carbonyl (C=O) groups excluding carboxylic acids is 1. The predicted octanol–water partition coefficient (Wildman–Crippen LogP) is 4.64. The Morgan fingerprint density at radius 1 is 1.15 bits per heavy atom. The molecule has 2 heterocycles. The topological polar surface area (TPSA) is 60.9 Å². The van der Waals surface area contributed by atoms with Gasteiger partial charge in [0.2, 0.25) is 5.91 Å². The van der Waals surface area contributed by atoms with Crippen molar-refractivity contribution in [2.45, 2.75) is 25.6 Å². The van der Waals surface area contributed by atoms with Gasteiger partial charge in [-0.3, -0.25) is 9.78 Å². The molecule has 34 heavy (non-hydrogen) atoms. The molecule has 1 atom stereocenters. The minimum Gasteiger partial charge on any atom is -0.493 e. The molecule has 1 aromatic heterocycles. The summed E-state index contributed by atoms with van der Waals surface area (Å²) in [6, 6.07) is 15.5. The second kappa shape index (κ2) is 11.4. The van der Waals surface area contributed by atoms with Gasteiger partial charge < -0.3 is 19.1 Å². The van der Waals surface area contributed by atoms with Gasteiger partial charge in [-0.25, -0.2) is 4.39 Å². The maximum absolute atomic E-state index is 13.5. The first-order valence-electron chi connectivity index (χ1n) is 11.1. The first-order valence-corrected chi connectivity index (χ1v) is 11.1. The number of halogens is 1. The van der Waals surface area contributed by atoms with Crippen LogP contribution in [0.3, 0.4) is 0 Å². The number of carbonyl (C=O) groups is 1. The van der Waals surface area contributed by atoms with Crippen LogP contribution in [0.4, 0.5) is 4.39 Å². The molecule has 7 heteroatoms. The third-order valence-electron chi connectivity index (χ3n) is 5.46. The van der Waals surface area contributed by atoms with Gasteiger partial charge >= 0.3 is 0 Å². The Morgan fingerprint density at radius 2 is 2.03 bits per heavy atom. The summed E-state index contributed by atoms with van der Waals surface area (Å²) in [5, 5.41) is 0. The summed E-state index contributed by atoms with van der Waals surface area (Å²) < 4.78 is 30.4. The molecule has 1 amide bonds. The summed E-state index contributed by atoms with van der Waals surface area (Å²) in [7, 11) is 1.59. The number of methoxy groups -OCH3 is 1. The van der Waals surface area contributed by atoms with E-state index in [0.717, 1.165) is 17.5 Å². The van der Waals surface area contributed by atoms with Gasteiger partial charge in [0.25, 0.3) is 0 Å². The molecule has 0 aliphatic carbocycles. The zero-order valence-electron chi connectivity index (χ0n) is 19.0. The summed E-state index contributed by atoms with van der Waals surface area (Å²) in [5.74, 6) is 0.710. The fraction of sp³-hybridized carbons (Fsp3) is 0.259. The largest absolute Gasteiger partial charge is 0.493 e. The predicted molar refractivity (Wildman–Crippen MR) is 127 cm³/mol. The molecule has 1 aliphatic heterocycles. The van der Waals surface area contributed by atoms with Gasteiger partial charge in [0.05, 0.1) is 20.3 Å². The van der Waals surface area contributed by atoms with Crippen molar-refractivity contribution in [2.24, 2.45) is 0 Å². The molecule has 1 unspecified atom stereocenters. The van der Waals surface area contributed by atoms with Crippen molar-refractivity contribution in [1.29, 1.82) is 0 Å². The van der Waals surface area contributed by atoms with Crippen molar-refractivity contribution in [2.75, 3.05) is 20.3 Å². The van der Waals surface area contributed by atoms with Gasteiger partial charge in [-0.15, -0.1) is 0 Å². The smallest absolute Gasteiger partial charge is 0.247 e. The van der Waals surface area contributed by atoms with E-state index in [2.05, 4.69) is 4.98 Å². The Labute approximate surface area is 198 Å². The average Bonchev–Trinajstić information content (AvgIpc) is 3.37. The second-order valence-corrected chi connectivity index (χ2v) is 8.03. The second-order valence-electron chi connectivity index (χ2n) is 8.03. The molecular weight excluding hydrogens is 435 g/mol. The van der Waals surface area contributed by atoms with Crippen LogP contribution in [-0.2, 0) is 22.6 Å². The molecule has 1 aliphatic rings. The summed E-state index contributed by atoms with van der Waals surface area (Å²) in [4.78, 5) is 19.0. The average molecular weight is 463 g/mol. The number of nitrogens with zero attached hydrogens (tertiary/aromatic N) is 2. The number of rotatable bonds is 9. The van der Waals surface area contributed by atoms with E-state index in [0.29, 0.717) is 43.4 Å². The molecule has 6 nitrogen and oxygen atoms in total. The Kier molecular flexibility index (Phi) is 7.88. The summed E-state index contributed by atoms with van der Waals surface area (Å²) >= 11 is 0. The molecule has 2 aromatic carbocycles. The molecule has 0 bridgehead atoms. The maximum Gasteiger partial charge on any atom is 0.247 e. The lowest BCUT2D eigenvalue weighted by molar-refractivity contribution is -0.127. The molecule has 4 rings (SSSR count). The summed E-state index contributed by atoms with van der Waals surface area (Å²) in [6.45, 7) is 1.99. The van der Waals surface area contributed by atoms with Gasteiger partial charge in [-0.2, -0.15) is 0 Å². The quantitative estimate of drug-likeness (QED) is 0.434. The third kappa shape index (κ3) is 6.42. The molecule has 1 fully saturated rings. The van der Waals surface area contributed by atoms with Crippen LogP contribution >= 0.6 is 0 Å². The molecule has 1 saturated heterocycles. The fourth-order valence-corrected chi connectivity index (χ4v) is 3.72. The van der Waals surface area contributed by atoms with Crippen molar-refractivity contribution < 1.29 is 23.4 Å².